The predicted molar refractivity (Wildman–Crippen MR) is 83.6 cm³/mol. The Kier molecular flexibility index (Phi) is 5.39. The minimum Gasteiger partial charge on any atom is -0.497 e. The molecular weight excluding hydrogens is 264 g/mol. The fourth-order valence-corrected chi connectivity index (χ4v) is 2.31. The van der Waals surface area contributed by atoms with Gasteiger partial charge < -0.3 is 14.6 Å². The van der Waals surface area contributed by atoms with Crippen LogP contribution in [-0.4, -0.2) is 18.3 Å². The largest absolute Gasteiger partial charge is 0.497 e. The van der Waals surface area contributed by atoms with E-state index >= 15 is 0 Å². The second kappa shape index (κ2) is 7.27. The number of rotatable bonds is 7. The molecular formula is C17H24N2O2. The fourth-order valence-electron chi connectivity index (χ4n) is 2.31. The van der Waals surface area contributed by atoms with Crippen molar-refractivity contribution in [3.8, 4) is 5.75 Å². The molecule has 1 atom stereocenters. The molecule has 0 aliphatic heterocycles. The van der Waals surface area contributed by atoms with Gasteiger partial charge in [0, 0.05) is 18.2 Å². The molecule has 4 heteroatoms. The molecule has 0 bridgehead atoms. The van der Waals surface area contributed by atoms with Gasteiger partial charge in [-0.25, -0.2) is 0 Å². The highest BCUT2D eigenvalue weighted by Crippen LogP contribution is 2.14. The first kappa shape index (κ1) is 15.6. The zero-order valence-electron chi connectivity index (χ0n) is 13.3. The molecule has 0 saturated carbocycles. The van der Waals surface area contributed by atoms with Gasteiger partial charge in [0.25, 0.3) is 0 Å². The summed E-state index contributed by atoms with van der Waals surface area (Å²) >= 11 is 0. The molecule has 1 heterocycles. The summed E-state index contributed by atoms with van der Waals surface area (Å²) < 4.78 is 10.3. The van der Waals surface area contributed by atoms with Crippen molar-refractivity contribution in [2.45, 2.75) is 46.2 Å². The Labute approximate surface area is 126 Å². The maximum absolute atomic E-state index is 5.18. The molecule has 2 aromatic rings. The summed E-state index contributed by atoms with van der Waals surface area (Å²) in [6, 6.07) is 8.72. The molecule has 114 valence electrons. The fraction of sp³-hybridized carbons (Fsp3) is 0.471. The van der Waals surface area contributed by atoms with Crippen molar-refractivity contribution in [2.75, 3.05) is 7.11 Å². The molecule has 0 aliphatic carbocycles. The van der Waals surface area contributed by atoms with Gasteiger partial charge in [-0.3, -0.25) is 0 Å². The number of aryl methyl sites for hydroxylation is 3. The van der Waals surface area contributed by atoms with E-state index in [-0.39, 0.29) is 0 Å². The summed E-state index contributed by atoms with van der Waals surface area (Å²) in [6.45, 7) is 6.96. The second-order valence-corrected chi connectivity index (χ2v) is 5.47. The van der Waals surface area contributed by atoms with Crippen LogP contribution in [0, 0.1) is 13.8 Å². The molecule has 0 amide bonds. The van der Waals surface area contributed by atoms with Gasteiger partial charge in [0.15, 0.2) is 0 Å². The van der Waals surface area contributed by atoms with Crippen LogP contribution < -0.4 is 10.1 Å². The zero-order valence-corrected chi connectivity index (χ0v) is 13.3. The van der Waals surface area contributed by atoms with Crippen molar-refractivity contribution in [3.05, 3.63) is 46.8 Å². The SMILES string of the molecule is COc1ccc(CCC(C)NCc2c(C)noc2C)cc1. The van der Waals surface area contributed by atoms with Gasteiger partial charge in [-0.2, -0.15) is 0 Å². The summed E-state index contributed by atoms with van der Waals surface area (Å²) in [6.07, 6.45) is 2.15. The first-order valence-electron chi connectivity index (χ1n) is 7.38. The van der Waals surface area contributed by atoms with Crippen LogP contribution in [0.1, 0.15) is 35.9 Å². The zero-order chi connectivity index (χ0) is 15.2. The minimum atomic E-state index is 0.445. The molecule has 0 aliphatic rings. The molecule has 1 aromatic carbocycles. The van der Waals surface area contributed by atoms with Crippen molar-refractivity contribution in [1.82, 2.24) is 10.5 Å². The number of hydrogen-bond acceptors (Lipinski definition) is 4. The van der Waals surface area contributed by atoms with Gasteiger partial charge >= 0.3 is 0 Å². The monoisotopic (exact) mass is 288 g/mol. The molecule has 21 heavy (non-hydrogen) atoms. The maximum atomic E-state index is 5.18. The van der Waals surface area contributed by atoms with Crippen LogP contribution >= 0.6 is 0 Å². The van der Waals surface area contributed by atoms with Crippen LogP contribution in [0.5, 0.6) is 5.75 Å². The molecule has 0 saturated heterocycles. The lowest BCUT2D eigenvalue weighted by atomic mass is 10.1. The van der Waals surface area contributed by atoms with Gasteiger partial charge in [-0.15, -0.1) is 0 Å². The van der Waals surface area contributed by atoms with E-state index in [9.17, 15) is 0 Å². The lowest BCUT2D eigenvalue weighted by Gasteiger charge is -2.13. The van der Waals surface area contributed by atoms with E-state index in [2.05, 4.69) is 29.5 Å². The topological polar surface area (TPSA) is 47.3 Å². The normalized spacial score (nSPS) is 12.4. The van der Waals surface area contributed by atoms with Crippen LogP contribution in [0.25, 0.3) is 0 Å². The Bertz CT molecular complexity index is 541. The highest BCUT2D eigenvalue weighted by molar-refractivity contribution is 5.27. The molecule has 1 aromatic heterocycles. The molecule has 1 unspecified atom stereocenters. The molecule has 0 radical (unpaired) electrons. The third-order valence-electron chi connectivity index (χ3n) is 3.83. The lowest BCUT2D eigenvalue weighted by molar-refractivity contribution is 0.391. The van der Waals surface area contributed by atoms with Crippen molar-refractivity contribution in [1.29, 1.82) is 0 Å². The van der Waals surface area contributed by atoms with Gasteiger partial charge in [0.05, 0.1) is 12.8 Å². The van der Waals surface area contributed by atoms with E-state index < -0.39 is 0 Å². The number of methoxy groups -OCH3 is 1. The van der Waals surface area contributed by atoms with E-state index in [1.54, 1.807) is 7.11 Å². The Morgan fingerprint density at radius 2 is 1.95 bits per heavy atom. The number of nitrogens with one attached hydrogen (secondary N) is 1. The number of ether oxygens (including phenoxy) is 1. The maximum Gasteiger partial charge on any atom is 0.138 e. The lowest BCUT2D eigenvalue weighted by Crippen LogP contribution is -2.26. The molecule has 0 spiro atoms. The predicted octanol–water partition coefficient (Wildman–Crippen LogP) is 3.41. The van der Waals surface area contributed by atoms with E-state index in [1.165, 1.54) is 11.1 Å². The summed E-state index contributed by atoms with van der Waals surface area (Å²) in [5.74, 6) is 1.81. The van der Waals surface area contributed by atoms with Gasteiger partial charge in [0.1, 0.15) is 11.5 Å². The van der Waals surface area contributed by atoms with E-state index in [0.29, 0.717) is 6.04 Å². The quantitative estimate of drug-likeness (QED) is 0.848. The third-order valence-corrected chi connectivity index (χ3v) is 3.83. The average molecular weight is 288 g/mol. The third kappa shape index (κ3) is 4.33. The van der Waals surface area contributed by atoms with Crippen molar-refractivity contribution in [2.24, 2.45) is 0 Å². The van der Waals surface area contributed by atoms with Crippen LogP contribution in [0.15, 0.2) is 28.8 Å². The van der Waals surface area contributed by atoms with Crippen molar-refractivity contribution >= 4 is 0 Å². The first-order chi connectivity index (χ1) is 10.1. The summed E-state index contributed by atoms with van der Waals surface area (Å²) in [5.41, 5.74) is 3.48. The van der Waals surface area contributed by atoms with Crippen LogP contribution in [0.2, 0.25) is 0 Å². The first-order valence-corrected chi connectivity index (χ1v) is 7.38. The summed E-state index contributed by atoms with van der Waals surface area (Å²) in [5, 5.41) is 7.51. The number of nitrogens with zero attached hydrogens (tertiary/aromatic N) is 1. The van der Waals surface area contributed by atoms with Crippen LogP contribution in [0.3, 0.4) is 0 Å². The van der Waals surface area contributed by atoms with Crippen molar-refractivity contribution < 1.29 is 9.26 Å². The average Bonchev–Trinajstić information content (AvgIpc) is 2.82. The molecule has 0 fully saturated rings. The molecule has 2 rings (SSSR count). The Morgan fingerprint density at radius 3 is 2.52 bits per heavy atom. The molecule has 4 nitrogen and oxygen atoms in total. The van der Waals surface area contributed by atoms with Crippen LogP contribution in [0.4, 0.5) is 0 Å². The highest BCUT2D eigenvalue weighted by atomic mass is 16.5. The van der Waals surface area contributed by atoms with Gasteiger partial charge in [-0.05, 0) is 51.3 Å². The van der Waals surface area contributed by atoms with E-state index in [4.69, 9.17) is 9.26 Å². The smallest absolute Gasteiger partial charge is 0.138 e. The Hall–Kier alpha value is -1.81. The Balaban J connectivity index is 1.78. The van der Waals surface area contributed by atoms with Gasteiger partial charge in [0.2, 0.25) is 0 Å². The second-order valence-electron chi connectivity index (χ2n) is 5.47. The van der Waals surface area contributed by atoms with E-state index in [1.807, 2.05) is 26.0 Å². The van der Waals surface area contributed by atoms with Crippen molar-refractivity contribution in [3.63, 3.8) is 0 Å². The standard InChI is InChI=1S/C17H24N2O2/c1-12(18-11-17-13(2)19-21-14(17)3)5-6-15-7-9-16(20-4)10-8-15/h7-10,12,18H,5-6,11H2,1-4H3. The minimum absolute atomic E-state index is 0.445. The van der Waals surface area contributed by atoms with Gasteiger partial charge in [-0.1, -0.05) is 17.3 Å². The Morgan fingerprint density at radius 1 is 1.24 bits per heavy atom. The van der Waals surface area contributed by atoms with E-state index in [0.717, 1.165) is 36.6 Å². The number of aromatic nitrogens is 1. The summed E-state index contributed by atoms with van der Waals surface area (Å²) in [4.78, 5) is 0. The molecule has 1 N–H and O–H groups in total. The van der Waals surface area contributed by atoms with Crippen LogP contribution in [-0.2, 0) is 13.0 Å². The number of benzene rings is 1. The summed E-state index contributed by atoms with van der Waals surface area (Å²) in [7, 11) is 1.69. The number of hydrogen-bond donors (Lipinski definition) is 1. The highest BCUT2D eigenvalue weighted by Gasteiger charge is 2.10.